The van der Waals surface area contributed by atoms with Gasteiger partial charge in [0.25, 0.3) is 0 Å². The van der Waals surface area contributed by atoms with E-state index in [2.05, 4.69) is 32.0 Å². The Hall–Kier alpha value is -0.883. The van der Waals surface area contributed by atoms with E-state index in [4.69, 9.17) is 18.0 Å². The molecule has 0 bridgehead atoms. The predicted molar refractivity (Wildman–Crippen MR) is 131 cm³/mol. The van der Waals surface area contributed by atoms with Crippen molar-refractivity contribution in [2.24, 2.45) is 0 Å². The van der Waals surface area contributed by atoms with Crippen LogP contribution < -0.4 is 4.74 Å². The van der Waals surface area contributed by atoms with E-state index in [-0.39, 0.29) is 0 Å². The van der Waals surface area contributed by atoms with Crippen molar-refractivity contribution in [3.8, 4) is 5.75 Å². The SMILES string of the molecule is CCCC(C)c1ccc(OCCC[Si](OCC)(OCC)OCC)c(C2CCCCC2)c1. The zero-order valence-corrected chi connectivity index (χ0v) is 21.7. The lowest BCUT2D eigenvalue weighted by molar-refractivity contribution is 0.0696. The molecule has 0 radical (unpaired) electrons. The minimum Gasteiger partial charge on any atom is -0.493 e. The molecule has 1 aliphatic carbocycles. The fourth-order valence-electron chi connectivity index (χ4n) is 4.81. The van der Waals surface area contributed by atoms with E-state index in [1.807, 2.05) is 20.8 Å². The second kappa shape index (κ2) is 14.3. The molecule has 2 rings (SSSR count). The highest BCUT2D eigenvalue weighted by Crippen LogP contribution is 2.39. The standard InChI is InChI=1S/C26H46O4Si/c1-6-14-22(5)24-17-18-26(25(21-24)23-15-11-10-12-16-23)27-19-13-20-31(28-7-2,29-8-3)30-9-4/h17-18,21-23H,6-16,19-20H2,1-5H3. The normalized spacial score (nSPS) is 16.4. The molecule has 1 atom stereocenters. The summed E-state index contributed by atoms with van der Waals surface area (Å²) in [7, 11) is -2.59. The second-order valence-electron chi connectivity index (χ2n) is 8.76. The molecule has 0 amide bonds. The number of hydrogen-bond donors (Lipinski definition) is 0. The summed E-state index contributed by atoms with van der Waals surface area (Å²) in [6.45, 7) is 13.2. The molecule has 1 unspecified atom stereocenters. The Labute approximate surface area is 192 Å². The van der Waals surface area contributed by atoms with Gasteiger partial charge in [-0.05, 0) is 75.5 Å². The highest BCUT2D eigenvalue weighted by Gasteiger charge is 2.39. The maximum absolute atomic E-state index is 6.37. The molecule has 1 fully saturated rings. The van der Waals surface area contributed by atoms with Crippen LogP contribution in [0.3, 0.4) is 0 Å². The number of hydrogen-bond acceptors (Lipinski definition) is 4. The van der Waals surface area contributed by atoms with E-state index >= 15 is 0 Å². The largest absolute Gasteiger partial charge is 0.501 e. The summed E-state index contributed by atoms with van der Waals surface area (Å²) in [6, 6.07) is 7.75. The summed E-state index contributed by atoms with van der Waals surface area (Å²) in [4.78, 5) is 0. The Bertz CT molecular complexity index is 598. The molecule has 1 aromatic rings. The molecule has 1 saturated carbocycles. The first-order chi connectivity index (χ1) is 15.1. The van der Waals surface area contributed by atoms with Crippen molar-refractivity contribution < 1.29 is 18.0 Å². The first kappa shape index (κ1) is 26.4. The lowest BCUT2D eigenvalue weighted by Gasteiger charge is -2.29. The molecule has 0 N–H and O–H groups in total. The van der Waals surface area contributed by atoms with E-state index in [9.17, 15) is 0 Å². The monoisotopic (exact) mass is 450 g/mol. The topological polar surface area (TPSA) is 36.9 Å². The Kier molecular flexibility index (Phi) is 12.2. The van der Waals surface area contributed by atoms with E-state index < -0.39 is 8.80 Å². The van der Waals surface area contributed by atoms with Crippen molar-refractivity contribution in [2.45, 2.75) is 104 Å². The minimum absolute atomic E-state index is 0.608. The van der Waals surface area contributed by atoms with Crippen LogP contribution in [0.5, 0.6) is 5.75 Å². The minimum atomic E-state index is -2.59. The van der Waals surface area contributed by atoms with Crippen LogP contribution in [0, 0.1) is 0 Å². The summed E-state index contributed by atoms with van der Waals surface area (Å²) in [5, 5.41) is 0. The third-order valence-corrected chi connectivity index (χ3v) is 9.50. The number of ether oxygens (including phenoxy) is 1. The molecule has 5 heteroatoms. The van der Waals surface area contributed by atoms with Gasteiger partial charge in [-0.15, -0.1) is 0 Å². The fourth-order valence-corrected chi connectivity index (χ4v) is 7.39. The van der Waals surface area contributed by atoms with Crippen LogP contribution in [0.2, 0.25) is 6.04 Å². The summed E-state index contributed by atoms with van der Waals surface area (Å²) in [6.07, 6.45) is 9.97. The van der Waals surface area contributed by atoms with Gasteiger partial charge >= 0.3 is 8.80 Å². The van der Waals surface area contributed by atoms with Gasteiger partial charge in [-0.25, -0.2) is 0 Å². The number of rotatable bonds is 15. The van der Waals surface area contributed by atoms with Crippen LogP contribution in [0.1, 0.15) is 109 Å². The van der Waals surface area contributed by atoms with Crippen molar-refractivity contribution >= 4 is 8.80 Å². The van der Waals surface area contributed by atoms with Gasteiger partial charge in [0.2, 0.25) is 0 Å². The second-order valence-corrected chi connectivity index (χ2v) is 11.5. The summed E-state index contributed by atoms with van der Waals surface area (Å²) >= 11 is 0. The Morgan fingerprint density at radius 2 is 1.58 bits per heavy atom. The van der Waals surface area contributed by atoms with Gasteiger partial charge in [-0.1, -0.05) is 51.7 Å². The Balaban J connectivity index is 2.06. The molecule has 1 aromatic carbocycles. The Morgan fingerprint density at radius 1 is 0.935 bits per heavy atom. The van der Waals surface area contributed by atoms with Crippen molar-refractivity contribution in [3.05, 3.63) is 29.3 Å². The molecule has 4 nitrogen and oxygen atoms in total. The average Bonchev–Trinajstić information content (AvgIpc) is 2.78. The van der Waals surface area contributed by atoms with Gasteiger partial charge in [-0.3, -0.25) is 0 Å². The maximum atomic E-state index is 6.37. The van der Waals surface area contributed by atoms with Crippen LogP contribution in [0.25, 0.3) is 0 Å². The first-order valence-electron chi connectivity index (χ1n) is 12.8. The average molecular weight is 451 g/mol. The van der Waals surface area contributed by atoms with Gasteiger partial charge in [0.1, 0.15) is 5.75 Å². The van der Waals surface area contributed by atoms with E-state index in [0.29, 0.717) is 38.3 Å². The first-order valence-corrected chi connectivity index (χ1v) is 14.7. The van der Waals surface area contributed by atoms with Crippen LogP contribution in [0.4, 0.5) is 0 Å². The zero-order chi connectivity index (χ0) is 22.5. The molecule has 1 aliphatic rings. The van der Waals surface area contributed by atoms with Gasteiger partial charge in [0.05, 0.1) is 6.61 Å². The lowest BCUT2D eigenvalue weighted by atomic mass is 9.82. The smallest absolute Gasteiger partial charge is 0.493 e. The third kappa shape index (κ3) is 8.19. The summed E-state index contributed by atoms with van der Waals surface area (Å²) in [5.74, 6) is 2.33. The van der Waals surface area contributed by atoms with Gasteiger partial charge in [-0.2, -0.15) is 0 Å². The highest BCUT2D eigenvalue weighted by molar-refractivity contribution is 6.60. The van der Waals surface area contributed by atoms with Gasteiger partial charge in [0, 0.05) is 25.9 Å². The zero-order valence-electron chi connectivity index (χ0n) is 20.7. The molecule has 178 valence electrons. The van der Waals surface area contributed by atoms with Crippen molar-refractivity contribution in [3.63, 3.8) is 0 Å². The lowest BCUT2D eigenvalue weighted by Crippen LogP contribution is -2.46. The van der Waals surface area contributed by atoms with Gasteiger partial charge in [0.15, 0.2) is 0 Å². The molecule has 0 aliphatic heterocycles. The molecule has 0 heterocycles. The predicted octanol–water partition coefficient (Wildman–Crippen LogP) is 7.46. The molecule has 31 heavy (non-hydrogen) atoms. The van der Waals surface area contributed by atoms with E-state index in [0.717, 1.165) is 18.2 Å². The maximum Gasteiger partial charge on any atom is 0.501 e. The van der Waals surface area contributed by atoms with Crippen molar-refractivity contribution in [2.75, 3.05) is 26.4 Å². The van der Waals surface area contributed by atoms with Crippen molar-refractivity contribution in [1.82, 2.24) is 0 Å². The molecular formula is C26H46O4Si. The van der Waals surface area contributed by atoms with Crippen molar-refractivity contribution in [1.29, 1.82) is 0 Å². The van der Waals surface area contributed by atoms with Crippen LogP contribution in [-0.2, 0) is 13.3 Å². The molecule has 0 spiro atoms. The van der Waals surface area contributed by atoms with Crippen LogP contribution in [-0.4, -0.2) is 35.2 Å². The molecular weight excluding hydrogens is 404 g/mol. The van der Waals surface area contributed by atoms with E-state index in [1.165, 1.54) is 56.1 Å². The van der Waals surface area contributed by atoms with E-state index in [1.54, 1.807) is 0 Å². The van der Waals surface area contributed by atoms with Gasteiger partial charge < -0.3 is 18.0 Å². The number of benzene rings is 1. The Morgan fingerprint density at radius 3 is 2.16 bits per heavy atom. The van der Waals surface area contributed by atoms with Crippen LogP contribution in [0.15, 0.2) is 18.2 Å². The highest BCUT2D eigenvalue weighted by atomic mass is 28.4. The quantitative estimate of drug-likeness (QED) is 0.205. The molecule has 0 aromatic heterocycles. The fraction of sp³-hybridized carbons (Fsp3) is 0.769. The summed E-state index contributed by atoms with van der Waals surface area (Å²) < 4.78 is 24.3. The third-order valence-electron chi connectivity index (χ3n) is 6.35. The summed E-state index contributed by atoms with van der Waals surface area (Å²) in [5.41, 5.74) is 2.90. The van der Waals surface area contributed by atoms with Crippen LogP contribution >= 0.6 is 0 Å². The molecule has 0 saturated heterocycles.